The van der Waals surface area contributed by atoms with Crippen LogP contribution in [0.2, 0.25) is 0 Å². The number of aryl methyl sites for hydroxylation is 1. The average Bonchev–Trinajstić information content (AvgIpc) is 3.17. The third-order valence-corrected chi connectivity index (χ3v) is 6.09. The Balaban J connectivity index is 1.58. The van der Waals surface area contributed by atoms with E-state index in [9.17, 15) is 4.79 Å². The van der Waals surface area contributed by atoms with Crippen molar-refractivity contribution in [1.82, 2.24) is 15.2 Å². The van der Waals surface area contributed by atoms with E-state index in [2.05, 4.69) is 33.7 Å². The molecule has 1 aromatic heterocycles. The lowest BCUT2D eigenvalue weighted by Gasteiger charge is -2.22. The summed E-state index contributed by atoms with van der Waals surface area (Å²) in [5.74, 6) is 0.972. The van der Waals surface area contributed by atoms with Crippen LogP contribution >= 0.6 is 11.8 Å². The van der Waals surface area contributed by atoms with E-state index in [1.807, 2.05) is 36.6 Å². The molecule has 1 aliphatic heterocycles. The van der Waals surface area contributed by atoms with Crippen molar-refractivity contribution in [2.45, 2.75) is 25.1 Å². The standard InChI is InChI=1S/C21H21N5OS/c1-2-17-21(23-11-13-7-4-3-5-8-13)24-20(26-25-17)16-12-28-18-14(16)9-6-10-15(18)19(22)27/h3-10,12,14,18H,2,11H2,1H3,(H2,22,27)(H,23,24,26). The molecule has 142 valence electrons. The average molecular weight is 392 g/mol. The lowest BCUT2D eigenvalue weighted by Crippen LogP contribution is -2.27. The minimum absolute atomic E-state index is 0.0207. The van der Waals surface area contributed by atoms with Gasteiger partial charge in [0.1, 0.15) is 5.69 Å². The van der Waals surface area contributed by atoms with Crippen LogP contribution in [-0.2, 0) is 17.8 Å². The number of allylic oxidation sites excluding steroid dienone is 4. The van der Waals surface area contributed by atoms with Gasteiger partial charge in [-0.05, 0) is 17.4 Å². The molecule has 3 N–H and O–H groups in total. The van der Waals surface area contributed by atoms with Gasteiger partial charge in [0, 0.05) is 28.9 Å². The highest BCUT2D eigenvalue weighted by Crippen LogP contribution is 2.45. The zero-order valence-electron chi connectivity index (χ0n) is 15.5. The van der Waals surface area contributed by atoms with Gasteiger partial charge in [-0.1, -0.05) is 55.5 Å². The largest absolute Gasteiger partial charge is 0.366 e. The predicted octanol–water partition coefficient (Wildman–Crippen LogP) is 3.10. The van der Waals surface area contributed by atoms with Gasteiger partial charge in [0.15, 0.2) is 11.6 Å². The molecule has 2 unspecified atom stereocenters. The molecule has 1 aromatic carbocycles. The molecule has 2 aliphatic rings. The molecule has 0 saturated carbocycles. The summed E-state index contributed by atoms with van der Waals surface area (Å²) in [7, 11) is 0. The highest BCUT2D eigenvalue weighted by Gasteiger charge is 2.36. The van der Waals surface area contributed by atoms with Gasteiger partial charge in [-0.25, -0.2) is 4.98 Å². The van der Waals surface area contributed by atoms with E-state index in [0.717, 1.165) is 23.5 Å². The molecule has 0 saturated heterocycles. The number of hydrogen-bond donors (Lipinski definition) is 2. The Hall–Kier alpha value is -2.93. The van der Waals surface area contributed by atoms with Crippen LogP contribution in [0.5, 0.6) is 0 Å². The molecule has 2 aromatic rings. The van der Waals surface area contributed by atoms with Gasteiger partial charge >= 0.3 is 0 Å². The minimum Gasteiger partial charge on any atom is -0.366 e. The Kier molecular flexibility index (Phi) is 5.25. The van der Waals surface area contributed by atoms with Crippen molar-refractivity contribution in [1.29, 1.82) is 0 Å². The summed E-state index contributed by atoms with van der Waals surface area (Å²) >= 11 is 1.58. The molecule has 0 bridgehead atoms. The van der Waals surface area contributed by atoms with E-state index in [0.29, 0.717) is 17.9 Å². The third kappa shape index (κ3) is 3.57. The molecule has 7 heteroatoms. The highest BCUT2D eigenvalue weighted by molar-refractivity contribution is 8.03. The Bertz CT molecular complexity index is 984. The van der Waals surface area contributed by atoms with E-state index in [1.54, 1.807) is 17.8 Å². The molecule has 4 rings (SSSR count). The van der Waals surface area contributed by atoms with Crippen molar-refractivity contribution < 1.29 is 4.79 Å². The summed E-state index contributed by atoms with van der Waals surface area (Å²) in [5.41, 5.74) is 9.14. The van der Waals surface area contributed by atoms with Crippen LogP contribution in [-0.4, -0.2) is 26.3 Å². The van der Waals surface area contributed by atoms with Gasteiger partial charge in [-0.15, -0.1) is 22.0 Å². The number of aromatic nitrogens is 3. The lowest BCUT2D eigenvalue weighted by atomic mass is 9.87. The molecule has 0 fully saturated rings. The topological polar surface area (TPSA) is 93.8 Å². The SMILES string of the molecule is CCc1nnc(C2=CSC3C(C(N)=O)=CC=CC23)nc1NCc1ccccc1. The molecule has 2 heterocycles. The first-order valence-corrected chi connectivity index (χ1v) is 10.2. The van der Waals surface area contributed by atoms with Gasteiger partial charge in [-0.3, -0.25) is 4.79 Å². The second-order valence-electron chi connectivity index (χ2n) is 6.65. The number of primary amides is 1. The van der Waals surface area contributed by atoms with Crippen molar-refractivity contribution in [2.24, 2.45) is 11.7 Å². The summed E-state index contributed by atoms with van der Waals surface area (Å²) in [5, 5.41) is 14.1. The number of amides is 1. The summed E-state index contributed by atoms with van der Waals surface area (Å²) in [4.78, 5) is 16.5. The van der Waals surface area contributed by atoms with Gasteiger partial charge in [0.25, 0.3) is 0 Å². The van der Waals surface area contributed by atoms with Crippen LogP contribution in [0.15, 0.2) is 59.5 Å². The zero-order chi connectivity index (χ0) is 19.5. The molecule has 2 atom stereocenters. The van der Waals surface area contributed by atoms with E-state index in [4.69, 9.17) is 10.7 Å². The summed E-state index contributed by atoms with van der Waals surface area (Å²) in [6, 6.07) is 10.2. The lowest BCUT2D eigenvalue weighted by molar-refractivity contribution is -0.114. The molecule has 1 aliphatic carbocycles. The van der Waals surface area contributed by atoms with Gasteiger partial charge in [0.05, 0.1) is 0 Å². The van der Waals surface area contributed by atoms with Crippen LogP contribution in [0.3, 0.4) is 0 Å². The summed E-state index contributed by atoms with van der Waals surface area (Å²) in [6.45, 7) is 2.70. The Morgan fingerprint density at radius 2 is 2.07 bits per heavy atom. The van der Waals surface area contributed by atoms with Crippen LogP contribution in [0, 0.1) is 5.92 Å². The fourth-order valence-electron chi connectivity index (χ4n) is 3.37. The normalized spacial score (nSPS) is 20.3. The number of thioether (sulfide) groups is 1. The minimum atomic E-state index is -0.382. The number of carbonyl (C=O) groups is 1. The van der Waals surface area contributed by atoms with Gasteiger partial charge < -0.3 is 11.1 Å². The maximum atomic E-state index is 11.7. The smallest absolute Gasteiger partial charge is 0.245 e. The molecule has 0 radical (unpaired) electrons. The number of hydrogen-bond acceptors (Lipinski definition) is 6. The van der Waals surface area contributed by atoms with Crippen molar-refractivity contribution in [3.8, 4) is 0 Å². The number of benzene rings is 1. The molecule has 6 nitrogen and oxygen atoms in total. The Morgan fingerprint density at radius 3 is 2.82 bits per heavy atom. The van der Waals surface area contributed by atoms with Gasteiger partial charge in [0.2, 0.25) is 5.91 Å². The second kappa shape index (κ2) is 7.98. The van der Waals surface area contributed by atoms with Crippen molar-refractivity contribution in [3.63, 3.8) is 0 Å². The molecule has 0 spiro atoms. The van der Waals surface area contributed by atoms with E-state index in [1.165, 1.54) is 5.56 Å². The van der Waals surface area contributed by atoms with Crippen LogP contribution in [0.1, 0.15) is 24.0 Å². The first-order valence-electron chi connectivity index (χ1n) is 9.23. The maximum Gasteiger partial charge on any atom is 0.245 e. The Labute approximate surface area is 168 Å². The molecule has 28 heavy (non-hydrogen) atoms. The third-order valence-electron chi connectivity index (χ3n) is 4.86. The van der Waals surface area contributed by atoms with Crippen LogP contribution in [0.4, 0.5) is 5.82 Å². The summed E-state index contributed by atoms with van der Waals surface area (Å²) in [6.07, 6.45) is 6.48. The number of carbonyl (C=O) groups excluding carboxylic acids is 1. The number of fused-ring (bicyclic) bond motifs is 1. The Morgan fingerprint density at radius 1 is 1.25 bits per heavy atom. The van der Waals surface area contributed by atoms with E-state index < -0.39 is 0 Å². The van der Waals surface area contributed by atoms with Crippen LogP contribution < -0.4 is 11.1 Å². The zero-order valence-corrected chi connectivity index (χ0v) is 16.3. The first-order chi connectivity index (χ1) is 13.7. The number of nitrogens with zero attached hydrogens (tertiary/aromatic N) is 3. The number of rotatable bonds is 6. The second-order valence-corrected chi connectivity index (χ2v) is 7.67. The van der Waals surface area contributed by atoms with E-state index >= 15 is 0 Å². The van der Waals surface area contributed by atoms with Gasteiger partial charge in [-0.2, -0.15) is 0 Å². The summed E-state index contributed by atoms with van der Waals surface area (Å²) < 4.78 is 0. The maximum absolute atomic E-state index is 11.7. The number of nitrogens with one attached hydrogen (secondary N) is 1. The number of nitrogens with two attached hydrogens (primary N) is 1. The molecule has 1 amide bonds. The first kappa shape index (κ1) is 18.4. The monoisotopic (exact) mass is 391 g/mol. The fraction of sp³-hybridized carbons (Fsp3) is 0.238. The van der Waals surface area contributed by atoms with Crippen LogP contribution in [0.25, 0.3) is 5.57 Å². The molecular weight excluding hydrogens is 370 g/mol. The quantitative estimate of drug-likeness (QED) is 0.786. The van der Waals surface area contributed by atoms with Crippen molar-refractivity contribution >= 4 is 29.1 Å². The molecular formula is C21H21N5OS. The number of anilines is 1. The van der Waals surface area contributed by atoms with E-state index in [-0.39, 0.29) is 17.1 Å². The predicted molar refractivity (Wildman–Crippen MR) is 112 cm³/mol. The fourth-order valence-corrected chi connectivity index (χ4v) is 4.68. The van der Waals surface area contributed by atoms with Crippen molar-refractivity contribution in [3.05, 3.63) is 76.6 Å². The highest BCUT2D eigenvalue weighted by atomic mass is 32.2. The van der Waals surface area contributed by atoms with Crippen molar-refractivity contribution in [2.75, 3.05) is 5.32 Å².